The molecule has 1 aliphatic heterocycles. The Morgan fingerprint density at radius 2 is 2.19 bits per heavy atom. The fraction of sp³-hybridized carbons (Fsp3) is 0.450. The molecule has 1 amide bonds. The first kappa shape index (κ1) is 17.2. The molecule has 0 bridgehead atoms. The van der Waals surface area contributed by atoms with Gasteiger partial charge in [-0.25, -0.2) is 4.98 Å². The van der Waals surface area contributed by atoms with Gasteiger partial charge in [-0.3, -0.25) is 9.48 Å². The van der Waals surface area contributed by atoms with E-state index in [2.05, 4.69) is 30.2 Å². The third-order valence-electron chi connectivity index (χ3n) is 5.00. The van der Waals surface area contributed by atoms with Crippen LogP contribution in [0, 0.1) is 6.92 Å². The summed E-state index contributed by atoms with van der Waals surface area (Å²) in [5.41, 5.74) is 2.63. The van der Waals surface area contributed by atoms with Gasteiger partial charge in [-0.15, -0.1) is 11.3 Å². The zero-order valence-corrected chi connectivity index (χ0v) is 16.1. The number of para-hydroxylation sites is 1. The standard InChI is InChI=1S/C20H24N4OS/c1-3-10-24-13-16(14(2)22-24)20(25)23-11-6-7-15(12-23)19-21-17-8-4-5-9-18(17)26-19/h4-5,8-9,13,15H,3,6-7,10-12H2,1-2H3/t15-/m0/s1. The van der Waals surface area contributed by atoms with Gasteiger partial charge in [0.05, 0.1) is 26.5 Å². The van der Waals surface area contributed by atoms with Crippen molar-refractivity contribution in [3.8, 4) is 0 Å². The molecule has 136 valence electrons. The summed E-state index contributed by atoms with van der Waals surface area (Å²) in [6, 6.07) is 8.26. The number of rotatable bonds is 4. The molecular weight excluding hydrogens is 344 g/mol. The SMILES string of the molecule is CCCn1cc(C(=O)N2CCC[C@H](c3nc4ccccc4s3)C2)c(C)n1. The molecule has 5 nitrogen and oxygen atoms in total. The topological polar surface area (TPSA) is 51.0 Å². The largest absolute Gasteiger partial charge is 0.338 e. The monoisotopic (exact) mass is 368 g/mol. The second kappa shape index (κ2) is 7.19. The Hall–Kier alpha value is -2.21. The number of carbonyl (C=O) groups excluding carboxylic acids is 1. The van der Waals surface area contributed by atoms with E-state index in [4.69, 9.17) is 4.98 Å². The number of thiazole rings is 1. The summed E-state index contributed by atoms with van der Waals surface area (Å²) in [6.45, 7) is 6.46. The van der Waals surface area contributed by atoms with Crippen LogP contribution in [-0.2, 0) is 6.54 Å². The summed E-state index contributed by atoms with van der Waals surface area (Å²) in [4.78, 5) is 19.8. The minimum absolute atomic E-state index is 0.107. The van der Waals surface area contributed by atoms with Gasteiger partial charge in [-0.05, 0) is 38.3 Å². The van der Waals surface area contributed by atoms with Crippen molar-refractivity contribution < 1.29 is 4.79 Å². The van der Waals surface area contributed by atoms with Crippen LogP contribution in [-0.4, -0.2) is 38.7 Å². The maximum absolute atomic E-state index is 13.0. The molecule has 26 heavy (non-hydrogen) atoms. The van der Waals surface area contributed by atoms with Gasteiger partial charge in [0.25, 0.3) is 5.91 Å². The van der Waals surface area contributed by atoms with E-state index >= 15 is 0 Å². The first-order valence-electron chi connectivity index (χ1n) is 9.34. The Labute approximate surface area is 157 Å². The molecule has 1 fully saturated rings. The number of likely N-dealkylation sites (tertiary alicyclic amines) is 1. The van der Waals surface area contributed by atoms with E-state index in [1.165, 1.54) is 4.70 Å². The van der Waals surface area contributed by atoms with Crippen LogP contribution >= 0.6 is 11.3 Å². The van der Waals surface area contributed by atoms with E-state index in [-0.39, 0.29) is 5.91 Å². The van der Waals surface area contributed by atoms with Crippen LogP contribution in [0.2, 0.25) is 0 Å². The lowest BCUT2D eigenvalue weighted by molar-refractivity contribution is 0.0706. The molecule has 2 aromatic heterocycles. The fourth-order valence-corrected chi connectivity index (χ4v) is 4.76. The highest BCUT2D eigenvalue weighted by atomic mass is 32.1. The summed E-state index contributed by atoms with van der Waals surface area (Å²) in [7, 11) is 0. The predicted octanol–water partition coefficient (Wildman–Crippen LogP) is 4.23. The molecule has 3 aromatic rings. The number of aromatic nitrogens is 3. The molecule has 1 saturated heterocycles. The van der Waals surface area contributed by atoms with Crippen molar-refractivity contribution in [1.29, 1.82) is 0 Å². The first-order valence-corrected chi connectivity index (χ1v) is 10.2. The average Bonchev–Trinajstić information content (AvgIpc) is 3.25. The zero-order valence-electron chi connectivity index (χ0n) is 15.3. The Balaban J connectivity index is 1.53. The van der Waals surface area contributed by atoms with Gasteiger partial charge in [0.15, 0.2) is 0 Å². The van der Waals surface area contributed by atoms with Gasteiger partial charge >= 0.3 is 0 Å². The first-order chi connectivity index (χ1) is 12.7. The average molecular weight is 369 g/mol. The Bertz CT molecular complexity index is 896. The van der Waals surface area contributed by atoms with Crippen molar-refractivity contribution in [2.75, 3.05) is 13.1 Å². The maximum atomic E-state index is 13.0. The maximum Gasteiger partial charge on any atom is 0.257 e. The van der Waals surface area contributed by atoms with Crippen LogP contribution in [0.1, 0.15) is 53.2 Å². The second-order valence-electron chi connectivity index (χ2n) is 7.00. The molecule has 0 unspecified atom stereocenters. The summed E-state index contributed by atoms with van der Waals surface area (Å²) in [5.74, 6) is 0.437. The van der Waals surface area contributed by atoms with E-state index in [0.29, 0.717) is 5.92 Å². The number of hydrogen-bond donors (Lipinski definition) is 0. The van der Waals surface area contributed by atoms with Crippen molar-refractivity contribution in [1.82, 2.24) is 19.7 Å². The number of hydrogen-bond acceptors (Lipinski definition) is 4. The van der Waals surface area contributed by atoms with Crippen molar-refractivity contribution in [2.24, 2.45) is 0 Å². The summed E-state index contributed by atoms with van der Waals surface area (Å²) in [5, 5.41) is 5.64. The number of fused-ring (bicyclic) bond motifs is 1. The van der Waals surface area contributed by atoms with Gasteiger partial charge in [0, 0.05) is 31.7 Å². The highest BCUT2D eigenvalue weighted by Gasteiger charge is 2.29. The van der Waals surface area contributed by atoms with Crippen LogP contribution in [0.5, 0.6) is 0 Å². The minimum Gasteiger partial charge on any atom is -0.338 e. The van der Waals surface area contributed by atoms with E-state index in [1.54, 1.807) is 11.3 Å². The lowest BCUT2D eigenvalue weighted by Gasteiger charge is -2.31. The van der Waals surface area contributed by atoms with E-state index in [1.807, 2.05) is 28.8 Å². The van der Waals surface area contributed by atoms with E-state index in [9.17, 15) is 4.79 Å². The Morgan fingerprint density at radius 3 is 3.00 bits per heavy atom. The summed E-state index contributed by atoms with van der Waals surface area (Å²) >= 11 is 1.76. The van der Waals surface area contributed by atoms with Gasteiger partial charge in [-0.1, -0.05) is 19.1 Å². The molecule has 0 spiro atoms. The minimum atomic E-state index is 0.107. The van der Waals surface area contributed by atoms with Crippen molar-refractivity contribution >= 4 is 27.5 Å². The quantitative estimate of drug-likeness (QED) is 0.692. The van der Waals surface area contributed by atoms with Crippen LogP contribution in [0.4, 0.5) is 0 Å². The summed E-state index contributed by atoms with van der Waals surface area (Å²) in [6.07, 6.45) is 5.03. The van der Waals surface area contributed by atoms with E-state index < -0.39 is 0 Å². The molecule has 0 saturated carbocycles. The lowest BCUT2D eigenvalue weighted by atomic mass is 9.98. The third-order valence-corrected chi connectivity index (χ3v) is 6.20. The van der Waals surface area contributed by atoms with Crippen molar-refractivity contribution in [2.45, 2.75) is 45.6 Å². The van der Waals surface area contributed by atoms with Gasteiger partial charge < -0.3 is 4.90 Å². The molecular formula is C20H24N4OS. The van der Waals surface area contributed by atoms with Gasteiger partial charge in [0.2, 0.25) is 0 Å². The van der Waals surface area contributed by atoms with Crippen LogP contribution < -0.4 is 0 Å². The summed E-state index contributed by atoms with van der Waals surface area (Å²) < 4.78 is 3.11. The molecule has 4 rings (SSSR count). The van der Waals surface area contributed by atoms with Crippen LogP contribution in [0.25, 0.3) is 10.2 Å². The third kappa shape index (κ3) is 3.26. The molecule has 3 heterocycles. The van der Waals surface area contributed by atoms with Crippen LogP contribution in [0.3, 0.4) is 0 Å². The highest BCUT2D eigenvalue weighted by Crippen LogP contribution is 2.33. The molecule has 1 atom stereocenters. The highest BCUT2D eigenvalue weighted by molar-refractivity contribution is 7.18. The molecule has 0 aliphatic carbocycles. The fourth-order valence-electron chi connectivity index (χ4n) is 3.67. The van der Waals surface area contributed by atoms with Crippen LogP contribution in [0.15, 0.2) is 30.5 Å². The Kier molecular flexibility index (Phi) is 4.76. The normalized spacial score (nSPS) is 17.8. The molecule has 6 heteroatoms. The molecule has 0 N–H and O–H groups in total. The van der Waals surface area contributed by atoms with Gasteiger partial charge in [0.1, 0.15) is 0 Å². The predicted molar refractivity (Wildman–Crippen MR) is 105 cm³/mol. The molecule has 1 aromatic carbocycles. The number of piperidine rings is 1. The zero-order chi connectivity index (χ0) is 18.1. The van der Waals surface area contributed by atoms with Crippen molar-refractivity contribution in [3.05, 3.63) is 46.7 Å². The molecule has 1 aliphatic rings. The van der Waals surface area contributed by atoms with E-state index in [0.717, 1.165) is 60.7 Å². The smallest absolute Gasteiger partial charge is 0.257 e. The van der Waals surface area contributed by atoms with Gasteiger partial charge in [-0.2, -0.15) is 5.10 Å². The number of amides is 1. The Morgan fingerprint density at radius 1 is 1.35 bits per heavy atom. The lowest BCUT2D eigenvalue weighted by Crippen LogP contribution is -2.39. The number of benzene rings is 1. The number of carbonyl (C=O) groups is 1. The second-order valence-corrected chi connectivity index (χ2v) is 8.06. The molecule has 0 radical (unpaired) electrons. The number of aryl methyl sites for hydroxylation is 2. The van der Waals surface area contributed by atoms with Crippen molar-refractivity contribution in [3.63, 3.8) is 0 Å². The number of nitrogens with zero attached hydrogens (tertiary/aromatic N) is 4.